The number of carbonyl (C=O) groups is 2. The fourth-order valence-electron chi connectivity index (χ4n) is 4.56. The molecule has 3 fully saturated rings. The van der Waals surface area contributed by atoms with Gasteiger partial charge in [0.15, 0.2) is 16.4 Å². The average Bonchev–Trinajstić information content (AvgIpc) is 3.21. The van der Waals surface area contributed by atoms with Crippen molar-refractivity contribution in [2.24, 2.45) is 0 Å². The third-order valence-corrected chi connectivity index (χ3v) is 10.1. The van der Waals surface area contributed by atoms with Gasteiger partial charge in [0, 0.05) is 32.2 Å². The molecule has 0 bridgehead atoms. The number of anilines is 1. The number of nitrogens with one attached hydrogen (secondary N) is 1. The summed E-state index contributed by atoms with van der Waals surface area (Å²) in [5.74, 6) is -1.55. The van der Waals surface area contributed by atoms with Gasteiger partial charge < -0.3 is 19.7 Å². The van der Waals surface area contributed by atoms with E-state index >= 15 is 0 Å². The number of benzene rings is 1. The van der Waals surface area contributed by atoms with E-state index in [-0.39, 0.29) is 22.0 Å². The second kappa shape index (κ2) is 10.8. The highest BCUT2D eigenvalue weighted by Gasteiger charge is 2.31. The number of amides is 1. The number of sulfonamides is 1. The van der Waals surface area contributed by atoms with Crippen LogP contribution in [0, 0.1) is 0 Å². The standard InChI is InChI=1S/C22H31N3O8S2/c26-21(23-17-6-13-34(28,29)16-17)15-33-22(27)19-14-18(35(30,31)25-7-2-1-3-8-25)4-5-20(19)24-9-11-32-12-10-24/h4-5,14,17H,1-3,6-13,15-16H2,(H,23,26). The molecule has 0 saturated carbocycles. The molecular weight excluding hydrogens is 498 g/mol. The highest BCUT2D eigenvalue weighted by Crippen LogP contribution is 2.28. The lowest BCUT2D eigenvalue weighted by atomic mass is 10.1. The number of esters is 1. The lowest BCUT2D eigenvalue weighted by molar-refractivity contribution is -0.124. The number of rotatable bonds is 7. The molecule has 0 aromatic heterocycles. The van der Waals surface area contributed by atoms with Gasteiger partial charge in [-0.3, -0.25) is 4.79 Å². The molecule has 3 aliphatic rings. The molecule has 13 heteroatoms. The van der Waals surface area contributed by atoms with Crippen LogP contribution in [0.15, 0.2) is 23.1 Å². The quantitative estimate of drug-likeness (QED) is 0.489. The summed E-state index contributed by atoms with van der Waals surface area (Å²) in [6, 6.07) is 3.91. The van der Waals surface area contributed by atoms with E-state index in [0.29, 0.717) is 51.5 Å². The maximum Gasteiger partial charge on any atom is 0.340 e. The average molecular weight is 530 g/mol. The Morgan fingerprint density at radius 1 is 1.09 bits per heavy atom. The summed E-state index contributed by atoms with van der Waals surface area (Å²) < 4.78 is 61.6. The number of piperidine rings is 1. The van der Waals surface area contributed by atoms with Crippen molar-refractivity contribution >= 4 is 37.4 Å². The summed E-state index contributed by atoms with van der Waals surface area (Å²) in [5.41, 5.74) is 0.569. The number of ether oxygens (including phenoxy) is 2. The minimum Gasteiger partial charge on any atom is -0.452 e. The normalized spacial score (nSPS) is 23.1. The van der Waals surface area contributed by atoms with Gasteiger partial charge in [-0.2, -0.15) is 4.31 Å². The van der Waals surface area contributed by atoms with Gasteiger partial charge in [-0.05, 0) is 37.5 Å². The predicted octanol–water partition coefficient (Wildman–Crippen LogP) is 0.158. The molecule has 3 aliphatic heterocycles. The van der Waals surface area contributed by atoms with E-state index in [4.69, 9.17) is 9.47 Å². The van der Waals surface area contributed by atoms with Gasteiger partial charge in [-0.15, -0.1) is 0 Å². The summed E-state index contributed by atoms with van der Waals surface area (Å²) in [4.78, 5) is 27.2. The minimum atomic E-state index is -3.78. The van der Waals surface area contributed by atoms with E-state index in [1.165, 1.54) is 16.4 Å². The molecule has 4 rings (SSSR count). The molecule has 1 aromatic carbocycles. The van der Waals surface area contributed by atoms with Gasteiger partial charge in [0.25, 0.3) is 5.91 Å². The first-order valence-electron chi connectivity index (χ1n) is 11.8. The van der Waals surface area contributed by atoms with Crippen LogP contribution in [0.25, 0.3) is 0 Å². The summed E-state index contributed by atoms with van der Waals surface area (Å²) in [6.45, 7) is 2.25. The third-order valence-electron chi connectivity index (χ3n) is 6.42. The Kier molecular flexibility index (Phi) is 7.99. The fraction of sp³-hybridized carbons (Fsp3) is 0.636. The van der Waals surface area contributed by atoms with Crippen LogP contribution in [0.4, 0.5) is 5.69 Å². The molecule has 1 amide bonds. The Morgan fingerprint density at radius 3 is 2.46 bits per heavy atom. The molecule has 194 valence electrons. The fourth-order valence-corrected chi connectivity index (χ4v) is 7.78. The van der Waals surface area contributed by atoms with Crippen molar-refractivity contribution in [3.63, 3.8) is 0 Å². The van der Waals surface area contributed by atoms with E-state index in [1.807, 2.05) is 4.90 Å². The molecule has 1 N–H and O–H groups in total. The Labute approximate surface area is 205 Å². The number of morpholine rings is 1. The van der Waals surface area contributed by atoms with Crippen molar-refractivity contribution in [3.05, 3.63) is 23.8 Å². The van der Waals surface area contributed by atoms with Gasteiger partial charge in [-0.1, -0.05) is 6.42 Å². The Morgan fingerprint density at radius 2 is 1.80 bits per heavy atom. The van der Waals surface area contributed by atoms with E-state index in [9.17, 15) is 26.4 Å². The van der Waals surface area contributed by atoms with Crippen LogP contribution >= 0.6 is 0 Å². The molecule has 0 aliphatic carbocycles. The Hall–Kier alpha value is -2.22. The van der Waals surface area contributed by atoms with Gasteiger partial charge in [0.05, 0.1) is 40.9 Å². The van der Waals surface area contributed by atoms with Gasteiger partial charge >= 0.3 is 5.97 Å². The van der Waals surface area contributed by atoms with E-state index < -0.39 is 44.4 Å². The third kappa shape index (κ3) is 6.32. The van der Waals surface area contributed by atoms with Crippen LogP contribution in [-0.4, -0.2) is 96.6 Å². The highest BCUT2D eigenvalue weighted by atomic mass is 32.2. The van der Waals surface area contributed by atoms with Crippen LogP contribution in [0.1, 0.15) is 36.0 Å². The molecule has 1 unspecified atom stereocenters. The number of carbonyl (C=O) groups excluding carboxylic acids is 2. The molecule has 3 saturated heterocycles. The summed E-state index contributed by atoms with van der Waals surface area (Å²) in [5, 5.41) is 2.57. The lowest BCUT2D eigenvalue weighted by Crippen LogP contribution is -2.39. The second-order valence-electron chi connectivity index (χ2n) is 8.99. The lowest BCUT2D eigenvalue weighted by Gasteiger charge is -2.31. The van der Waals surface area contributed by atoms with Crippen LogP contribution in [-0.2, 0) is 34.1 Å². The second-order valence-corrected chi connectivity index (χ2v) is 13.2. The van der Waals surface area contributed by atoms with Crippen LogP contribution in [0.5, 0.6) is 0 Å². The SMILES string of the molecule is O=C(COC(=O)c1cc(S(=O)(=O)N2CCCCC2)ccc1N1CCOCC1)NC1CCS(=O)(=O)C1. The molecule has 1 aromatic rings. The van der Waals surface area contributed by atoms with Crippen molar-refractivity contribution in [1.82, 2.24) is 9.62 Å². The van der Waals surface area contributed by atoms with E-state index in [2.05, 4.69) is 5.32 Å². The van der Waals surface area contributed by atoms with Crippen LogP contribution in [0.2, 0.25) is 0 Å². The zero-order chi connectivity index (χ0) is 25.1. The largest absolute Gasteiger partial charge is 0.452 e. The van der Waals surface area contributed by atoms with Crippen molar-refractivity contribution in [2.45, 2.75) is 36.6 Å². The molecule has 1 atom stereocenters. The smallest absolute Gasteiger partial charge is 0.340 e. The van der Waals surface area contributed by atoms with Gasteiger partial charge in [-0.25, -0.2) is 21.6 Å². The van der Waals surface area contributed by atoms with E-state index in [1.54, 1.807) is 6.07 Å². The van der Waals surface area contributed by atoms with Crippen LogP contribution < -0.4 is 10.2 Å². The summed E-state index contributed by atoms with van der Waals surface area (Å²) in [7, 11) is -6.94. The monoisotopic (exact) mass is 529 g/mol. The Balaban J connectivity index is 1.51. The summed E-state index contributed by atoms with van der Waals surface area (Å²) in [6.07, 6.45) is 2.88. The van der Waals surface area contributed by atoms with Gasteiger partial charge in [0.2, 0.25) is 10.0 Å². The zero-order valence-electron chi connectivity index (χ0n) is 19.5. The van der Waals surface area contributed by atoms with Crippen molar-refractivity contribution in [1.29, 1.82) is 0 Å². The van der Waals surface area contributed by atoms with E-state index in [0.717, 1.165) is 19.3 Å². The van der Waals surface area contributed by atoms with Crippen molar-refractivity contribution in [3.8, 4) is 0 Å². The number of nitrogens with zero attached hydrogens (tertiary/aromatic N) is 2. The molecule has 0 spiro atoms. The first kappa shape index (κ1) is 25.9. The molecule has 35 heavy (non-hydrogen) atoms. The zero-order valence-corrected chi connectivity index (χ0v) is 21.1. The summed E-state index contributed by atoms with van der Waals surface area (Å²) >= 11 is 0. The van der Waals surface area contributed by atoms with Gasteiger partial charge in [0.1, 0.15) is 0 Å². The number of hydrogen-bond acceptors (Lipinski definition) is 9. The predicted molar refractivity (Wildman–Crippen MR) is 128 cm³/mol. The number of sulfone groups is 1. The first-order chi connectivity index (χ1) is 16.7. The first-order valence-corrected chi connectivity index (χ1v) is 15.1. The Bertz CT molecular complexity index is 1160. The molecule has 3 heterocycles. The van der Waals surface area contributed by atoms with Crippen molar-refractivity contribution in [2.75, 3.05) is 62.4 Å². The minimum absolute atomic E-state index is 0.00368. The molecule has 11 nitrogen and oxygen atoms in total. The maximum absolute atomic E-state index is 13.2. The topological polar surface area (TPSA) is 139 Å². The molecule has 0 radical (unpaired) electrons. The van der Waals surface area contributed by atoms with Crippen LogP contribution in [0.3, 0.4) is 0 Å². The maximum atomic E-state index is 13.2. The number of hydrogen-bond donors (Lipinski definition) is 1. The highest BCUT2D eigenvalue weighted by molar-refractivity contribution is 7.91. The molecular formula is C22H31N3O8S2. The van der Waals surface area contributed by atoms with Crippen molar-refractivity contribution < 1.29 is 35.9 Å².